The number of hydrogen-bond acceptors (Lipinski definition) is 2. The normalized spacial score (nSPS) is 15.3. The summed E-state index contributed by atoms with van der Waals surface area (Å²) in [6, 6.07) is 0. The predicted molar refractivity (Wildman–Crippen MR) is 103 cm³/mol. The Morgan fingerprint density at radius 2 is 1.54 bits per heavy atom. The number of carbonyl (C=O) groups excluding carboxylic acids is 1. The maximum absolute atomic E-state index is 11.6. The Morgan fingerprint density at radius 1 is 0.917 bits per heavy atom. The lowest BCUT2D eigenvalue weighted by Crippen LogP contribution is -2.04. The highest BCUT2D eigenvalue weighted by Gasteiger charge is 2.20. The molecule has 2 nitrogen and oxygen atoms in total. The molecule has 0 unspecified atom stereocenters. The third-order valence-corrected chi connectivity index (χ3v) is 4.49. The minimum atomic E-state index is -0.0466. The third kappa shape index (κ3) is 12.2. The van der Waals surface area contributed by atoms with Crippen LogP contribution >= 0.6 is 0 Å². The first-order valence-corrected chi connectivity index (χ1v) is 9.57. The number of hydrogen-bond donors (Lipinski definition) is 0. The van der Waals surface area contributed by atoms with Crippen LogP contribution in [0.5, 0.6) is 0 Å². The molecule has 0 aliphatic heterocycles. The monoisotopic (exact) mass is 332 g/mol. The van der Waals surface area contributed by atoms with Gasteiger partial charge in [-0.15, -0.1) is 0 Å². The largest absolute Gasteiger partial charge is 0.461 e. The highest BCUT2D eigenvalue weighted by molar-refractivity contribution is 5.69. The number of carbonyl (C=O) groups is 1. The lowest BCUT2D eigenvalue weighted by molar-refractivity contribution is -0.142. The van der Waals surface area contributed by atoms with Gasteiger partial charge in [0.1, 0.15) is 6.61 Å². The molecule has 1 aliphatic carbocycles. The molecular formula is C22H36O2. The smallest absolute Gasteiger partial charge is 0.306 e. The molecule has 0 aromatic heterocycles. The van der Waals surface area contributed by atoms with Crippen LogP contribution in [-0.4, -0.2) is 12.6 Å². The molecule has 0 amide bonds. The predicted octanol–water partition coefficient (Wildman–Crippen LogP) is 6.53. The Morgan fingerprint density at radius 3 is 2.17 bits per heavy atom. The number of rotatable bonds is 12. The Bertz CT molecular complexity index is 460. The average Bonchev–Trinajstić information content (AvgIpc) is 3.31. The topological polar surface area (TPSA) is 26.3 Å². The van der Waals surface area contributed by atoms with Gasteiger partial charge >= 0.3 is 5.97 Å². The summed E-state index contributed by atoms with van der Waals surface area (Å²) in [5.41, 5.74) is 4.15. The van der Waals surface area contributed by atoms with E-state index in [9.17, 15) is 4.79 Å². The molecule has 0 heterocycles. The van der Waals surface area contributed by atoms with Crippen LogP contribution < -0.4 is 0 Å². The van der Waals surface area contributed by atoms with Crippen LogP contribution in [0.2, 0.25) is 0 Å². The number of allylic oxidation sites excluding steroid dienone is 5. The van der Waals surface area contributed by atoms with Crippen LogP contribution in [0.4, 0.5) is 0 Å². The number of esters is 1. The quantitative estimate of drug-likeness (QED) is 0.300. The fraction of sp³-hybridized carbons (Fsp3) is 0.682. The first-order valence-electron chi connectivity index (χ1n) is 9.57. The molecule has 24 heavy (non-hydrogen) atoms. The van der Waals surface area contributed by atoms with Crippen LogP contribution in [-0.2, 0) is 9.53 Å². The number of ether oxygens (including phenoxy) is 1. The highest BCUT2D eigenvalue weighted by Crippen LogP contribution is 2.33. The lowest BCUT2D eigenvalue weighted by Gasteiger charge is -2.04. The highest BCUT2D eigenvalue weighted by atomic mass is 16.5. The van der Waals surface area contributed by atoms with E-state index in [1.807, 2.05) is 6.08 Å². The molecule has 0 aromatic rings. The average molecular weight is 333 g/mol. The molecular weight excluding hydrogens is 296 g/mol. The van der Waals surface area contributed by atoms with Gasteiger partial charge in [0.15, 0.2) is 0 Å². The molecule has 0 aromatic carbocycles. The zero-order valence-electron chi connectivity index (χ0n) is 16.2. The minimum Gasteiger partial charge on any atom is -0.461 e. The Hall–Kier alpha value is -1.31. The van der Waals surface area contributed by atoms with Crippen molar-refractivity contribution in [2.75, 3.05) is 6.61 Å². The van der Waals surface area contributed by atoms with Gasteiger partial charge in [-0.25, -0.2) is 0 Å². The summed E-state index contributed by atoms with van der Waals surface area (Å²) in [5, 5.41) is 0. The van der Waals surface area contributed by atoms with Crippen LogP contribution in [0, 0.1) is 5.92 Å². The first kappa shape index (κ1) is 20.7. The van der Waals surface area contributed by atoms with Crippen molar-refractivity contribution < 1.29 is 9.53 Å². The standard InChI is InChI=1S/C22H36O2/c1-18(2)8-5-9-19(3)10-6-11-20(4)16-17-24-22(23)13-7-12-21-14-15-21/h8,10,16,21H,5-7,9,11-15,17H2,1-4H3/b19-10+,20-16+. The molecule has 0 N–H and O–H groups in total. The molecule has 0 radical (unpaired) electrons. The maximum Gasteiger partial charge on any atom is 0.306 e. The zero-order chi connectivity index (χ0) is 17.8. The van der Waals surface area contributed by atoms with E-state index in [-0.39, 0.29) is 5.97 Å². The molecule has 0 bridgehead atoms. The molecule has 1 rings (SSSR count). The summed E-state index contributed by atoms with van der Waals surface area (Å²) in [5.74, 6) is 0.855. The van der Waals surface area contributed by atoms with Gasteiger partial charge in [0.25, 0.3) is 0 Å². The summed E-state index contributed by atoms with van der Waals surface area (Å²) in [4.78, 5) is 11.6. The summed E-state index contributed by atoms with van der Waals surface area (Å²) < 4.78 is 5.28. The SMILES string of the molecule is CC(C)=CCC/C(C)=C/CC/C(C)=C/COC(=O)CCCC1CC1. The van der Waals surface area contributed by atoms with Crippen molar-refractivity contribution in [3.05, 3.63) is 34.9 Å². The van der Waals surface area contributed by atoms with Crippen molar-refractivity contribution in [2.45, 2.75) is 85.5 Å². The van der Waals surface area contributed by atoms with E-state index in [2.05, 4.69) is 39.8 Å². The summed E-state index contributed by atoms with van der Waals surface area (Å²) >= 11 is 0. The second-order valence-electron chi connectivity index (χ2n) is 7.48. The summed E-state index contributed by atoms with van der Waals surface area (Å²) in [6.45, 7) is 9.05. The van der Waals surface area contributed by atoms with Crippen molar-refractivity contribution >= 4 is 5.97 Å². The van der Waals surface area contributed by atoms with Gasteiger partial charge in [-0.3, -0.25) is 4.79 Å². The van der Waals surface area contributed by atoms with Crippen LogP contribution in [0.3, 0.4) is 0 Å². The van der Waals surface area contributed by atoms with Gasteiger partial charge in [-0.1, -0.05) is 41.7 Å². The van der Waals surface area contributed by atoms with E-state index in [1.165, 1.54) is 36.0 Å². The van der Waals surface area contributed by atoms with Crippen molar-refractivity contribution in [1.82, 2.24) is 0 Å². The summed E-state index contributed by atoms with van der Waals surface area (Å²) in [7, 11) is 0. The van der Waals surface area contributed by atoms with Gasteiger partial charge in [0, 0.05) is 6.42 Å². The fourth-order valence-corrected chi connectivity index (χ4v) is 2.63. The third-order valence-electron chi connectivity index (χ3n) is 4.49. The van der Waals surface area contributed by atoms with E-state index in [0.29, 0.717) is 13.0 Å². The van der Waals surface area contributed by atoms with Gasteiger partial charge in [0.2, 0.25) is 0 Å². The molecule has 0 spiro atoms. The molecule has 136 valence electrons. The van der Waals surface area contributed by atoms with E-state index in [0.717, 1.165) is 38.0 Å². The van der Waals surface area contributed by atoms with Crippen LogP contribution in [0.25, 0.3) is 0 Å². The van der Waals surface area contributed by atoms with E-state index in [4.69, 9.17) is 4.74 Å². The molecule has 0 atom stereocenters. The molecule has 0 saturated heterocycles. The minimum absolute atomic E-state index is 0.0466. The molecule has 1 fully saturated rings. The second kappa shape index (κ2) is 12.1. The molecule has 1 saturated carbocycles. The lowest BCUT2D eigenvalue weighted by atomic mass is 10.1. The first-order chi connectivity index (χ1) is 11.5. The van der Waals surface area contributed by atoms with Crippen molar-refractivity contribution in [3.63, 3.8) is 0 Å². The van der Waals surface area contributed by atoms with Gasteiger partial charge in [0.05, 0.1) is 0 Å². The fourth-order valence-electron chi connectivity index (χ4n) is 2.63. The molecule has 2 heteroatoms. The van der Waals surface area contributed by atoms with Gasteiger partial charge in [-0.05, 0) is 78.2 Å². The Labute approximate surface area is 149 Å². The van der Waals surface area contributed by atoms with Crippen LogP contribution in [0.15, 0.2) is 34.9 Å². The summed E-state index contributed by atoms with van der Waals surface area (Å²) in [6.07, 6.45) is 16.6. The van der Waals surface area contributed by atoms with Crippen molar-refractivity contribution in [3.8, 4) is 0 Å². The van der Waals surface area contributed by atoms with Crippen molar-refractivity contribution in [1.29, 1.82) is 0 Å². The van der Waals surface area contributed by atoms with Gasteiger partial charge < -0.3 is 4.74 Å². The maximum atomic E-state index is 11.6. The Balaban J connectivity index is 2.07. The van der Waals surface area contributed by atoms with Crippen molar-refractivity contribution in [2.24, 2.45) is 5.92 Å². The Kier molecular flexibility index (Phi) is 10.5. The van der Waals surface area contributed by atoms with Crippen LogP contribution in [0.1, 0.15) is 85.5 Å². The second-order valence-corrected chi connectivity index (χ2v) is 7.48. The van der Waals surface area contributed by atoms with E-state index >= 15 is 0 Å². The zero-order valence-corrected chi connectivity index (χ0v) is 16.2. The molecule has 1 aliphatic rings. The van der Waals surface area contributed by atoms with Gasteiger partial charge in [-0.2, -0.15) is 0 Å². The van der Waals surface area contributed by atoms with E-state index in [1.54, 1.807) is 0 Å². The van der Waals surface area contributed by atoms with E-state index < -0.39 is 0 Å².